The van der Waals surface area contributed by atoms with Crippen molar-refractivity contribution in [1.82, 2.24) is 9.97 Å². The number of amides is 1. The number of nitrogens with two attached hydrogens (primary N) is 1. The molecule has 1 saturated heterocycles. The van der Waals surface area contributed by atoms with Gasteiger partial charge in [0.25, 0.3) is 0 Å². The smallest absolute Gasteiger partial charge is 0.229 e. The van der Waals surface area contributed by atoms with Gasteiger partial charge < -0.3 is 5.73 Å². The summed E-state index contributed by atoms with van der Waals surface area (Å²) in [5, 5.41) is 0.0592. The Kier molecular flexibility index (Phi) is 2.28. The second-order valence-electron chi connectivity index (χ2n) is 3.13. The van der Waals surface area contributed by atoms with Crippen molar-refractivity contribution in [3.05, 3.63) is 12.4 Å². The molecule has 1 aliphatic rings. The third-order valence-electron chi connectivity index (χ3n) is 2.07. The summed E-state index contributed by atoms with van der Waals surface area (Å²) in [6.45, 7) is 0.546. The summed E-state index contributed by atoms with van der Waals surface area (Å²) >= 11 is 4.24. The van der Waals surface area contributed by atoms with E-state index >= 15 is 0 Å². The lowest BCUT2D eigenvalue weighted by Gasteiger charge is -2.15. The number of nitrogens with zero attached hydrogens (tertiary/aromatic N) is 3. The van der Waals surface area contributed by atoms with Crippen molar-refractivity contribution in [3.8, 4) is 0 Å². The maximum atomic E-state index is 11.5. The maximum Gasteiger partial charge on any atom is 0.229 e. The standard InChI is InChI=1S/C8H10N4OS/c9-7-8(11-2-1-10-7)12-4-5(14)3-6(12)13/h1-2,5,14H,3-4H2,(H2,9,10). The summed E-state index contributed by atoms with van der Waals surface area (Å²) in [6.07, 6.45) is 3.45. The molecule has 1 aliphatic heterocycles. The van der Waals surface area contributed by atoms with E-state index < -0.39 is 0 Å². The summed E-state index contributed by atoms with van der Waals surface area (Å²) in [7, 11) is 0. The van der Waals surface area contributed by atoms with E-state index in [4.69, 9.17) is 5.73 Å². The zero-order valence-electron chi connectivity index (χ0n) is 7.42. The highest BCUT2D eigenvalue weighted by atomic mass is 32.1. The topological polar surface area (TPSA) is 72.1 Å². The number of hydrogen-bond acceptors (Lipinski definition) is 5. The van der Waals surface area contributed by atoms with Gasteiger partial charge in [-0.1, -0.05) is 0 Å². The zero-order chi connectivity index (χ0) is 10.1. The van der Waals surface area contributed by atoms with Gasteiger partial charge in [0.15, 0.2) is 11.6 Å². The van der Waals surface area contributed by atoms with Crippen LogP contribution in [0.2, 0.25) is 0 Å². The number of rotatable bonds is 1. The van der Waals surface area contributed by atoms with E-state index in [0.717, 1.165) is 0 Å². The molecule has 1 amide bonds. The lowest BCUT2D eigenvalue weighted by molar-refractivity contribution is -0.117. The number of carbonyl (C=O) groups is 1. The van der Waals surface area contributed by atoms with E-state index in [2.05, 4.69) is 22.6 Å². The monoisotopic (exact) mass is 210 g/mol. The Hall–Kier alpha value is -1.30. The molecule has 14 heavy (non-hydrogen) atoms. The van der Waals surface area contributed by atoms with Crippen LogP contribution in [-0.4, -0.2) is 27.7 Å². The minimum Gasteiger partial charge on any atom is -0.381 e. The second kappa shape index (κ2) is 3.45. The highest BCUT2D eigenvalue weighted by Gasteiger charge is 2.30. The molecule has 1 atom stereocenters. The Balaban J connectivity index is 2.32. The molecular formula is C8H10N4OS. The van der Waals surface area contributed by atoms with Gasteiger partial charge in [0.1, 0.15) is 0 Å². The number of anilines is 2. The van der Waals surface area contributed by atoms with E-state index in [1.54, 1.807) is 0 Å². The number of thiol groups is 1. The van der Waals surface area contributed by atoms with Gasteiger partial charge in [-0.15, -0.1) is 0 Å². The van der Waals surface area contributed by atoms with Crippen molar-refractivity contribution in [3.63, 3.8) is 0 Å². The normalized spacial score (nSPS) is 21.6. The van der Waals surface area contributed by atoms with Crippen LogP contribution in [0.15, 0.2) is 12.4 Å². The van der Waals surface area contributed by atoms with E-state index in [1.807, 2.05) is 0 Å². The maximum absolute atomic E-state index is 11.5. The zero-order valence-corrected chi connectivity index (χ0v) is 8.32. The van der Waals surface area contributed by atoms with Crippen molar-refractivity contribution in [1.29, 1.82) is 0 Å². The number of aromatic nitrogens is 2. The highest BCUT2D eigenvalue weighted by molar-refractivity contribution is 7.81. The average Bonchev–Trinajstić information content (AvgIpc) is 2.46. The first-order valence-electron chi connectivity index (χ1n) is 4.23. The molecule has 0 aromatic carbocycles. The molecule has 0 saturated carbocycles. The highest BCUT2D eigenvalue weighted by Crippen LogP contribution is 2.24. The average molecular weight is 210 g/mol. The van der Waals surface area contributed by atoms with Gasteiger partial charge in [0, 0.05) is 30.6 Å². The van der Waals surface area contributed by atoms with Gasteiger partial charge in [-0.05, 0) is 0 Å². The van der Waals surface area contributed by atoms with Crippen molar-refractivity contribution in [2.24, 2.45) is 0 Å². The van der Waals surface area contributed by atoms with Crippen LogP contribution in [-0.2, 0) is 4.79 Å². The minimum absolute atomic E-state index is 0.00259. The third kappa shape index (κ3) is 1.52. The first-order chi connectivity index (χ1) is 6.68. The largest absolute Gasteiger partial charge is 0.381 e. The van der Waals surface area contributed by atoms with Crippen LogP contribution in [0, 0.1) is 0 Å². The fourth-order valence-electron chi connectivity index (χ4n) is 1.44. The van der Waals surface area contributed by atoms with Gasteiger partial charge in [-0.25, -0.2) is 9.97 Å². The first kappa shape index (κ1) is 9.26. The fourth-order valence-corrected chi connectivity index (χ4v) is 1.76. The molecule has 1 aromatic rings. The molecule has 0 radical (unpaired) electrons. The summed E-state index contributed by atoms with van der Waals surface area (Å²) < 4.78 is 0. The quantitative estimate of drug-likeness (QED) is 0.645. The Labute approximate surface area is 86.7 Å². The van der Waals surface area contributed by atoms with Gasteiger partial charge in [0.2, 0.25) is 5.91 Å². The van der Waals surface area contributed by atoms with E-state index in [-0.39, 0.29) is 17.0 Å². The SMILES string of the molecule is Nc1nccnc1N1CC(S)CC1=O. The molecule has 0 bridgehead atoms. The Morgan fingerprint density at radius 3 is 2.79 bits per heavy atom. The fraction of sp³-hybridized carbons (Fsp3) is 0.375. The summed E-state index contributed by atoms with van der Waals surface area (Å²) in [4.78, 5) is 20.9. The van der Waals surface area contributed by atoms with Crippen LogP contribution < -0.4 is 10.6 Å². The summed E-state index contributed by atoms with van der Waals surface area (Å²) in [5.74, 6) is 0.717. The molecule has 6 heteroatoms. The van der Waals surface area contributed by atoms with Gasteiger partial charge in [0.05, 0.1) is 0 Å². The van der Waals surface area contributed by atoms with E-state index in [1.165, 1.54) is 17.3 Å². The molecular weight excluding hydrogens is 200 g/mol. The third-order valence-corrected chi connectivity index (χ3v) is 2.41. The minimum atomic E-state index is -0.00259. The molecule has 5 nitrogen and oxygen atoms in total. The molecule has 2 heterocycles. The lowest BCUT2D eigenvalue weighted by atomic mass is 10.4. The molecule has 1 aromatic heterocycles. The van der Waals surface area contributed by atoms with Crippen molar-refractivity contribution in [2.75, 3.05) is 17.2 Å². The molecule has 2 N–H and O–H groups in total. The van der Waals surface area contributed by atoms with Crippen LogP contribution in [0.3, 0.4) is 0 Å². The van der Waals surface area contributed by atoms with Gasteiger partial charge in [-0.3, -0.25) is 9.69 Å². The Morgan fingerprint density at radius 2 is 2.21 bits per heavy atom. The molecule has 1 fully saturated rings. The predicted molar refractivity (Wildman–Crippen MR) is 56.2 cm³/mol. The van der Waals surface area contributed by atoms with Crippen LogP contribution >= 0.6 is 12.6 Å². The van der Waals surface area contributed by atoms with Crippen molar-refractivity contribution in [2.45, 2.75) is 11.7 Å². The van der Waals surface area contributed by atoms with Gasteiger partial charge >= 0.3 is 0 Å². The summed E-state index contributed by atoms with van der Waals surface area (Å²) in [6, 6.07) is 0. The Morgan fingerprint density at radius 1 is 1.50 bits per heavy atom. The predicted octanol–water partition coefficient (Wildman–Crippen LogP) is 0.0939. The van der Waals surface area contributed by atoms with Crippen molar-refractivity contribution >= 4 is 30.2 Å². The summed E-state index contributed by atoms with van der Waals surface area (Å²) in [5.41, 5.74) is 5.62. The van der Waals surface area contributed by atoms with Crippen LogP contribution in [0.1, 0.15) is 6.42 Å². The van der Waals surface area contributed by atoms with Crippen molar-refractivity contribution < 1.29 is 4.79 Å². The molecule has 2 rings (SSSR count). The number of carbonyl (C=O) groups excluding carboxylic acids is 1. The number of hydrogen-bond donors (Lipinski definition) is 2. The van der Waals surface area contributed by atoms with Gasteiger partial charge in [-0.2, -0.15) is 12.6 Å². The van der Waals surface area contributed by atoms with E-state index in [0.29, 0.717) is 18.8 Å². The Bertz CT molecular complexity index is 370. The number of nitrogen functional groups attached to an aromatic ring is 1. The van der Waals surface area contributed by atoms with Crippen LogP contribution in [0.25, 0.3) is 0 Å². The molecule has 0 aliphatic carbocycles. The van der Waals surface area contributed by atoms with Crippen LogP contribution in [0.4, 0.5) is 11.6 Å². The van der Waals surface area contributed by atoms with E-state index in [9.17, 15) is 4.79 Å². The molecule has 0 spiro atoms. The first-order valence-corrected chi connectivity index (χ1v) is 4.75. The van der Waals surface area contributed by atoms with Crippen LogP contribution in [0.5, 0.6) is 0 Å². The molecule has 1 unspecified atom stereocenters. The lowest BCUT2D eigenvalue weighted by Crippen LogP contribution is -2.26. The second-order valence-corrected chi connectivity index (χ2v) is 3.86. The molecule has 74 valence electrons.